The van der Waals surface area contributed by atoms with E-state index >= 15 is 0 Å². The van der Waals surface area contributed by atoms with E-state index < -0.39 is 0 Å². The number of nitrogens with zero attached hydrogens (tertiary/aromatic N) is 1. The highest BCUT2D eigenvalue weighted by Gasteiger charge is 2.26. The van der Waals surface area contributed by atoms with Crippen LogP contribution >= 0.6 is 11.3 Å². The smallest absolute Gasteiger partial charge is 0.229 e. The minimum Gasteiger partial charge on any atom is -0.302 e. The van der Waals surface area contributed by atoms with E-state index in [9.17, 15) is 4.79 Å². The second-order valence-electron chi connectivity index (χ2n) is 5.40. The Kier molecular flexibility index (Phi) is 3.02. The highest BCUT2D eigenvalue weighted by Crippen LogP contribution is 2.30. The first-order chi connectivity index (χ1) is 7.47. The molecule has 1 N–H and O–H groups in total. The summed E-state index contributed by atoms with van der Waals surface area (Å²) in [5, 5.41) is 5.67. The molecule has 1 aliphatic carbocycles. The van der Waals surface area contributed by atoms with Gasteiger partial charge in [-0.05, 0) is 12.8 Å². The number of aromatic nitrogens is 1. The molecule has 1 aliphatic rings. The molecule has 0 aliphatic heterocycles. The molecule has 1 amide bonds. The molecule has 1 aromatic rings. The monoisotopic (exact) mass is 238 g/mol. The maximum Gasteiger partial charge on any atom is 0.229 e. The van der Waals surface area contributed by atoms with Crippen LogP contribution in [0, 0.1) is 5.92 Å². The van der Waals surface area contributed by atoms with Crippen molar-refractivity contribution in [2.45, 2.75) is 45.4 Å². The molecule has 1 saturated carbocycles. The minimum atomic E-state index is 0.0515. The number of anilines is 1. The number of amides is 1. The van der Waals surface area contributed by atoms with Crippen LogP contribution in [0.15, 0.2) is 5.38 Å². The third-order valence-corrected chi connectivity index (χ3v) is 3.74. The Balaban J connectivity index is 1.99. The summed E-state index contributed by atoms with van der Waals surface area (Å²) < 4.78 is 0. The predicted octanol–water partition coefficient (Wildman–Crippen LogP) is 3.18. The van der Waals surface area contributed by atoms with Crippen LogP contribution in [0.2, 0.25) is 0 Å². The molecule has 0 aromatic carbocycles. The summed E-state index contributed by atoms with van der Waals surface area (Å²) in [6.07, 6.45) is 3.25. The predicted molar refractivity (Wildman–Crippen MR) is 66.8 cm³/mol. The van der Waals surface area contributed by atoms with Crippen LogP contribution in [0.4, 0.5) is 5.13 Å². The number of carbonyl (C=O) groups is 1. The quantitative estimate of drug-likeness (QED) is 0.859. The lowest BCUT2D eigenvalue weighted by molar-refractivity contribution is -0.122. The molecule has 2 rings (SSSR count). The fourth-order valence-corrected chi connectivity index (χ4v) is 2.49. The van der Waals surface area contributed by atoms with Crippen molar-refractivity contribution in [1.82, 2.24) is 4.98 Å². The fourth-order valence-electron chi connectivity index (χ4n) is 1.55. The van der Waals surface area contributed by atoms with Crippen molar-refractivity contribution in [2.75, 3.05) is 5.32 Å². The molecule has 4 heteroatoms. The Morgan fingerprint density at radius 1 is 1.50 bits per heavy atom. The molecule has 0 spiro atoms. The normalized spacial score (nSPS) is 16.9. The summed E-state index contributed by atoms with van der Waals surface area (Å²) in [6.45, 7) is 6.37. The average molecular weight is 238 g/mol. The van der Waals surface area contributed by atoms with Gasteiger partial charge in [0.1, 0.15) is 0 Å². The highest BCUT2D eigenvalue weighted by atomic mass is 32.1. The van der Waals surface area contributed by atoms with E-state index in [0.717, 1.165) is 23.7 Å². The average Bonchev–Trinajstić information content (AvgIpc) is 2.47. The first-order valence-corrected chi connectivity index (χ1v) is 6.61. The Morgan fingerprint density at radius 2 is 2.19 bits per heavy atom. The van der Waals surface area contributed by atoms with Gasteiger partial charge < -0.3 is 5.32 Å². The molecule has 0 unspecified atom stereocenters. The van der Waals surface area contributed by atoms with Crippen molar-refractivity contribution in [3.8, 4) is 0 Å². The van der Waals surface area contributed by atoms with Gasteiger partial charge in [-0.15, -0.1) is 11.3 Å². The Labute approximate surface area is 100 Å². The summed E-state index contributed by atoms with van der Waals surface area (Å²) in [6, 6.07) is 0. The first kappa shape index (κ1) is 11.6. The fraction of sp³-hybridized carbons (Fsp3) is 0.667. The zero-order valence-electron chi connectivity index (χ0n) is 10.0. The lowest BCUT2D eigenvalue weighted by atomic mass is 9.85. The van der Waals surface area contributed by atoms with Crippen LogP contribution < -0.4 is 5.32 Å². The van der Waals surface area contributed by atoms with Crippen LogP contribution in [0.3, 0.4) is 0 Å². The number of rotatable bonds is 2. The zero-order valence-corrected chi connectivity index (χ0v) is 10.9. The van der Waals surface area contributed by atoms with Gasteiger partial charge in [-0.3, -0.25) is 4.79 Å². The largest absolute Gasteiger partial charge is 0.302 e. The number of nitrogens with one attached hydrogen (secondary N) is 1. The second-order valence-corrected chi connectivity index (χ2v) is 6.26. The molecule has 16 heavy (non-hydrogen) atoms. The van der Waals surface area contributed by atoms with Crippen LogP contribution in [-0.2, 0) is 10.2 Å². The summed E-state index contributed by atoms with van der Waals surface area (Å²) in [4.78, 5) is 16.2. The van der Waals surface area contributed by atoms with Gasteiger partial charge in [0.2, 0.25) is 5.91 Å². The van der Waals surface area contributed by atoms with Gasteiger partial charge in [-0.2, -0.15) is 0 Å². The maximum absolute atomic E-state index is 11.7. The lowest BCUT2D eigenvalue weighted by Gasteiger charge is -2.23. The number of hydrogen-bond donors (Lipinski definition) is 1. The first-order valence-electron chi connectivity index (χ1n) is 5.74. The van der Waals surface area contributed by atoms with Crippen molar-refractivity contribution >= 4 is 22.4 Å². The van der Waals surface area contributed by atoms with E-state index in [1.54, 1.807) is 0 Å². The molecular weight excluding hydrogens is 220 g/mol. The standard InChI is InChI=1S/C12H18N2OS/c1-12(2,3)9-7-16-11(13-9)14-10(15)8-5-4-6-8/h7-8H,4-6H2,1-3H3,(H,13,14,15). The SMILES string of the molecule is CC(C)(C)c1csc(NC(=O)C2CCC2)n1. The molecule has 1 aromatic heterocycles. The Morgan fingerprint density at radius 3 is 2.62 bits per heavy atom. The molecule has 1 fully saturated rings. The summed E-state index contributed by atoms with van der Waals surface area (Å²) in [7, 11) is 0. The van der Waals surface area contributed by atoms with Crippen molar-refractivity contribution in [1.29, 1.82) is 0 Å². The lowest BCUT2D eigenvalue weighted by Crippen LogP contribution is -2.28. The molecule has 0 radical (unpaired) electrons. The van der Waals surface area contributed by atoms with Gasteiger partial charge in [0.25, 0.3) is 0 Å². The second kappa shape index (κ2) is 4.17. The molecular formula is C12H18N2OS. The molecule has 0 saturated heterocycles. The molecule has 3 nitrogen and oxygen atoms in total. The van der Waals surface area contributed by atoms with Gasteiger partial charge in [-0.1, -0.05) is 27.2 Å². The van der Waals surface area contributed by atoms with Crippen LogP contribution in [0.5, 0.6) is 0 Å². The van der Waals surface area contributed by atoms with E-state index in [2.05, 4.69) is 31.1 Å². The van der Waals surface area contributed by atoms with E-state index in [-0.39, 0.29) is 17.2 Å². The van der Waals surface area contributed by atoms with Crippen molar-refractivity contribution in [3.05, 3.63) is 11.1 Å². The van der Waals surface area contributed by atoms with Gasteiger partial charge in [-0.25, -0.2) is 4.98 Å². The number of hydrogen-bond acceptors (Lipinski definition) is 3. The highest BCUT2D eigenvalue weighted by molar-refractivity contribution is 7.13. The van der Waals surface area contributed by atoms with Crippen LogP contribution in [-0.4, -0.2) is 10.9 Å². The number of carbonyl (C=O) groups excluding carboxylic acids is 1. The Hall–Kier alpha value is -0.900. The van der Waals surface area contributed by atoms with Crippen molar-refractivity contribution in [2.24, 2.45) is 5.92 Å². The van der Waals surface area contributed by atoms with Crippen molar-refractivity contribution < 1.29 is 4.79 Å². The zero-order chi connectivity index (χ0) is 11.8. The van der Waals surface area contributed by atoms with Crippen LogP contribution in [0.25, 0.3) is 0 Å². The summed E-state index contributed by atoms with van der Waals surface area (Å²) in [5.41, 5.74) is 1.09. The van der Waals surface area contributed by atoms with E-state index in [4.69, 9.17) is 0 Å². The van der Waals surface area contributed by atoms with E-state index in [0.29, 0.717) is 0 Å². The van der Waals surface area contributed by atoms with E-state index in [1.165, 1.54) is 17.8 Å². The molecule has 0 bridgehead atoms. The summed E-state index contributed by atoms with van der Waals surface area (Å²) >= 11 is 1.51. The molecule has 1 heterocycles. The third-order valence-electron chi connectivity index (χ3n) is 2.98. The number of thiazole rings is 1. The topological polar surface area (TPSA) is 42.0 Å². The maximum atomic E-state index is 11.7. The molecule has 88 valence electrons. The minimum absolute atomic E-state index is 0.0515. The Bertz CT molecular complexity index is 388. The van der Waals surface area contributed by atoms with Gasteiger partial charge in [0.15, 0.2) is 5.13 Å². The van der Waals surface area contributed by atoms with E-state index in [1.807, 2.05) is 5.38 Å². The van der Waals surface area contributed by atoms with Gasteiger partial charge in [0, 0.05) is 16.7 Å². The van der Waals surface area contributed by atoms with Crippen molar-refractivity contribution in [3.63, 3.8) is 0 Å². The molecule has 0 atom stereocenters. The van der Waals surface area contributed by atoms with Gasteiger partial charge >= 0.3 is 0 Å². The van der Waals surface area contributed by atoms with Gasteiger partial charge in [0.05, 0.1) is 5.69 Å². The van der Waals surface area contributed by atoms with Crippen LogP contribution in [0.1, 0.15) is 45.7 Å². The summed E-state index contributed by atoms with van der Waals surface area (Å²) in [5.74, 6) is 0.364. The third kappa shape index (κ3) is 2.43.